The first-order chi connectivity index (χ1) is 8.39. The van der Waals surface area contributed by atoms with Gasteiger partial charge in [0.2, 0.25) is 0 Å². The zero-order valence-corrected chi connectivity index (χ0v) is 11.6. The van der Waals surface area contributed by atoms with Gasteiger partial charge in [-0.05, 0) is 27.2 Å². The zero-order valence-electron chi connectivity index (χ0n) is 11.6. The van der Waals surface area contributed by atoms with E-state index in [-0.39, 0.29) is 6.04 Å². The SMILES string of the molecule is CCc1nccn1CCC(C)(NC(C)C)C(=O)O. The number of rotatable bonds is 7. The van der Waals surface area contributed by atoms with Crippen LogP contribution < -0.4 is 5.32 Å². The molecule has 1 heterocycles. The Morgan fingerprint density at radius 1 is 1.61 bits per heavy atom. The number of carbonyl (C=O) groups is 1. The van der Waals surface area contributed by atoms with E-state index in [0.717, 1.165) is 12.2 Å². The van der Waals surface area contributed by atoms with Gasteiger partial charge in [0.25, 0.3) is 0 Å². The van der Waals surface area contributed by atoms with Gasteiger partial charge in [0.1, 0.15) is 11.4 Å². The number of hydrogen-bond acceptors (Lipinski definition) is 3. The van der Waals surface area contributed by atoms with Crippen molar-refractivity contribution in [3.63, 3.8) is 0 Å². The van der Waals surface area contributed by atoms with Gasteiger partial charge in [-0.2, -0.15) is 0 Å². The Balaban J connectivity index is 2.71. The summed E-state index contributed by atoms with van der Waals surface area (Å²) in [6.45, 7) is 8.34. The van der Waals surface area contributed by atoms with Crippen LogP contribution in [0.1, 0.15) is 39.9 Å². The second-order valence-electron chi connectivity index (χ2n) is 5.08. The van der Waals surface area contributed by atoms with Crippen molar-refractivity contribution in [3.05, 3.63) is 18.2 Å². The average Bonchev–Trinajstić information content (AvgIpc) is 2.72. The number of carboxylic acid groups (broad SMARTS) is 1. The molecule has 0 bridgehead atoms. The molecule has 5 heteroatoms. The van der Waals surface area contributed by atoms with Gasteiger partial charge >= 0.3 is 5.97 Å². The fourth-order valence-electron chi connectivity index (χ4n) is 2.08. The van der Waals surface area contributed by atoms with Crippen molar-refractivity contribution in [2.24, 2.45) is 0 Å². The molecule has 5 nitrogen and oxygen atoms in total. The van der Waals surface area contributed by atoms with Crippen LogP contribution in [-0.4, -0.2) is 32.2 Å². The maximum atomic E-state index is 11.4. The van der Waals surface area contributed by atoms with Crippen LogP contribution in [0, 0.1) is 0 Å². The number of aromatic nitrogens is 2. The van der Waals surface area contributed by atoms with E-state index in [2.05, 4.69) is 10.3 Å². The molecule has 0 saturated heterocycles. The predicted octanol–water partition coefficient (Wildman–Crippen LogP) is 1.68. The summed E-state index contributed by atoms with van der Waals surface area (Å²) in [6, 6.07) is 0.138. The van der Waals surface area contributed by atoms with Crippen molar-refractivity contribution in [1.29, 1.82) is 0 Å². The highest BCUT2D eigenvalue weighted by Gasteiger charge is 2.33. The van der Waals surface area contributed by atoms with Gasteiger partial charge in [0.05, 0.1) is 0 Å². The van der Waals surface area contributed by atoms with E-state index < -0.39 is 11.5 Å². The molecule has 0 fully saturated rings. The predicted molar refractivity (Wildman–Crippen MR) is 70.5 cm³/mol. The molecule has 0 aromatic carbocycles. The molecule has 0 amide bonds. The van der Waals surface area contributed by atoms with Crippen molar-refractivity contribution in [3.8, 4) is 0 Å². The highest BCUT2D eigenvalue weighted by Crippen LogP contribution is 2.14. The number of nitrogens with zero attached hydrogens (tertiary/aromatic N) is 2. The molecule has 0 aliphatic carbocycles. The van der Waals surface area contributed by atoms with Crippen molar-refractivity contribution in [2.45, 2.75) is 58.7 Å². The topological polar surface area (TPSA) is 67.2 Å². The van der Waals surface area contributed by atoms with Crippen LogP contribution in [0.15, 0.2) is 12.4 Å². The lowest BCUT2D eigenvalue weighted by atomic mass is 9.97. The summed E-state index contributed by atoms with van der Waals surface area (Å²) in [5.41, 5.74) is -0.899. The second kappa shape index (κ2) is 6.00. The Hall–Kier alpha value is -1.36. The maximum Gasteiger partial charge on any atom is 0.323 e. The largest absolute Gasteiger partial charge is 0.480 e. The normalized spacial score (nSPS) is 14.7. The fourth-order valence-corrected chi connectivity index (χ4v) is 2.08. The van der Waals surface area contributed by atoms with Gasteiger partial charge in [-0.25, -0.2) is 4.98 Å². The molecule has 18 heavy (non-hydrogen) atoms. The van der Waals surface area contributed by atoms with Crippen LogP contribution >= 0.6 is 0 Å². The standard InChI is InChI=1S/C13H23N3O2/c1-5-11-14-7-9-16(11)8-6-13(4,12(17)18)15-10(2)3/h7,9-10,15H,5-6,8H2,1-4H3,(H,17,18). The van der Waals surface area contributed by atoms with Gasteiger partial charge in [-0.3, -0.25) is 10.1 Å². The molecule has 0 radical (unpaired) electrons. The molecule has 0 aliphatic rings. The summed E-state index contributed by atoms with van der Waals surface area (Å²) in [4.78, 5) is 15.6. The van der Waals surface area contributed by atoms with Gasteiger partial charge in [-0.1, -0.05) is 6.92 Å². The molecule has 0 spiro atoms. The van der Waals surface area contributed by atoms with Crippen LogP contribution in [-0.2, 0) is 17.8 Å². The summed E-state index contributed by atoms with van der Waals surface area (Å²) >= 11 is 0. The third-order valence-corrected chi connectivity index (χ3v) is 3.05. The Morgan fingerprint density at radius 2 is 2.28 bits per heavy atom. The minimum Gasteiger partial charge on any atom is -0.480 e. The number of aliphatic carboxylic acids is 1. The quantitative estimate of drug-likeness (QED) is 0.776. The third kappa shape index (κ3) is 3.57. The molecule has 0 saturated carbocycles. The number of hydrogen-bond donors (Lipinski definition) is 2. The molecule has 1 rings (SSSR count). The van der Waals surface area contributed by atoms with Gasteiger partial charge in [-0.15, -0.1) is 0 Å². The van der Waals surface area contributed by atoms with Crippen LogP contribution in [0.5, 0.6) is 0 Å². The molecule has 102 valence electrons. The van der Waals surface area contributed by atoms with Gasteiger partial charge < -0.3 is 9.67 Å². The van der Waals surface area contributed by atoms with E-state index in [1.54, 1.807) is 13.1 Å². The minimum atomic E-state index is -0.899. The van der Waals surface area contributed by atoms with E-state index in [1.807, 2.05) is 31.5 Å². The number of imidazole rings is 1. The molecule has 1 aromatic heterocycles. The second-order valence-corrected chi connectivity index (χ2v) is 5.08. The Labute approximate surface area is 108 Å². The van der Waals surface area contributed by atoms with E-state index in [1.165, 1.54) is 0 Å². The summed E-state index contributed by atoms with van der Waals surface area (Å²) in [6.07, 6.45) is 5.04. The zero-order chi connectivity index (χ0) is 13.8. The first kappa shape index (κ1) is 14.7. The molecule has 0 aliphatic heterocycles. The molecule has 1 unspecified atom stereocenters. The average molecular weight is 253 g/mol. The highest BCUT2D eigenvalue weighted by atomic mass is 16.4. The van der Waals surface area contributed by atoms with Crippen LogP contribution in [0.2, 0.25) is 0 Å². The lowest BCUT2D eigenvalue weighted by Gasteiger charge is -2.29. The first-order valence-corrected chi connectivity index (χ1v) is 6.40. The van der Waals surface area contributed by atoms with E-state index in [4.69, 9.17) is 0 Å². The molecule has 2 N–H and O–H groups in total. The van der Waals surface area contributed by atoms with Crippen LogP contribution in [0.25, 0.3) is 0 Å². The number of aryl methyl sites for hydroxylation is 2. The highest BCUT2D eigenvalue weighted by molar-refractivity contribution is 5.78. The monoisotopic (exact) mass is 253 g/mol. The van der Waals surface area contributed by atoms with Crippen molar-refractivity contribution in [1.82, 2.24) is 14.9 Å². The van der Waals surface area contributed by atoms with E-state index in [0.29, 0.717) is 13.0 Å². The lowest BCUT2D eigenvalue weighted by Crippen LogP contribution is -2.52. The van der Waals surface area contributed by atoms with Crippen LogP contribution in [0.4, 0.5) is 0 Å². The lowest BCUT2D eigenvalue weighted by molar-refractivity contribution is -0.144. The first-order valence-electron chi connectivity index (χ1n) is 6.40. The Morgan fingerprint density at radius 3 is 2.78 bits per heavy atom. The van der Waals surface area contributed by atoms with Gasteiger partial charge in [0, 0.05) is 31.4 Å². The molecular formula is C13H23N3O2. The Bertz CT molecular complexity index is 401. The smallest absolute Gasteiger partial charge is 0.323 e. The summed E-state index contributed by atoms with van der Waals surface area (Å²) in [5, 5.41) is 12.5. The van der Waals surface area contributed by atoms with Gasteiger partial charge in [0.15, 0.2) is 0 Å². The summed E-state index contributed by atoms with van der Waals surface area (Å²) < 4.78 is 2.02. The molecule has 1 atom stereocenters. The third-order valence-electron chi connectivity index (χ3n) is 3.05. The van der Waals surface area contributed by atoms with E-state index >= 15 is 0 Å². The summed E-state index contributed by atoms with van der Waals surface area (Å²) in [7, 11) is 0. The summed E-state index contributed by atoms with van der Waals surface area (Å²) in [5.74, 6) is 0.182. The maximum absolute atomic E-state index is 11.4. The molecular weight excluding hydrogens is 230 g/mol. The Kier molecular flexibility index (Phi) is 4.90. The minimum absolute atomic E-state index is 0.138. The fraction of sp³-hybridized carbons (Fsp3) is 0.692. The van der Waals surface area contributed by atoms with Crippen LogP contribution in [0.3, 0.4) is 0 Å². The van der Waals surface area contributed by atoms with E-state index in [9.17, 15) is 9.90 Å². The van der Waals surface area contributed by atoms with Crippen molar-refractivity contribution in [2.75, 3.05) is 0 Å². The van der Waals surface area contributed by atoms with Crippen molar-refractivity contribution < 1.29 is 9.90 Å². The molecule has 1 aromatic rings. The van der Waals surface area contributed by atoms with Crippen molar-refractivity contribution >= 4 is 5.97 Å². The number of carboxylic acids is 1. The number of nitrogens with one attached hydrogen (secondary N) is 1.